The molecule has 2 atom stereocenters. The smallest absolute Gasteiger partial charge is 0.256 e. The monoisotopic (exact) mass is 284 g/mol. The normalized spacial score (nSPS) is 14.6. The van der Waals surface area contributed by atoms with Crippen molar-refractivity contribution in [3.63, 3.8) is 0 Å². The molecule has 2 unspecified atom stereocenters. The van der Waals surface area contributed by atoms with Gasteiger partial charge in [-0.05, 0) is 39.7 Å². The molecule has 0 aromatic carbocycles. The van der Waals surface area contributed by atoms with Gasteiger partial charge in [-0.3, -0.25) is 0 Å². The van der Waals surface area contributed by atoms with Crippen LogP contribution in [0.2, 0.25) is 0 Å². The molecule has 1 rings (SSSR count). The van der Waals surface area contributed by atoms with Gasteiger partial charge in [0.05, 0.1) is 5.69 Å². The Labute approximate surface area is 121 Å². The number of hydrogen-bond acceptors (Lipinski definition) is 4. The average molecular weight is 284 g/mol. The van der Waals surface area contributed by atoms with E-state index < -0.39 is 0 Å². The Morgan fingerprint density at radius 3 is 2.42 bits per heavy atom. The summed E-state index contributed by atoms with van der Waals surface area (Å²) in [5.74, 6) is 0.936. The van der Waals surface area contributed by atoms with Crippen LogP contribution in [0.4, 0.5) is 0 Å². The number of aromatic nitrogens is 1. The molecule has 0 amide bonds. The fraction of sp³-hybridized carbons (Fsp3) is 0.800. The third-order valence-corrected chi connectivity index (χ3v) is 4.71. The van der Waals surface area contributed by atoms with Crippen LogP contribution in [0.1, 0.15) is 57.9 Å². The SMILES string of the molecule is CCCNC(CCC)C(CC)Sc1nc(C)c(C)o1. The van der Waals surface area contributed by atoms with Crippen molar-refractivity contribution in [1.29, 1.82) is 0 Å². The quantitative estimate of drug-likeness (QED) is 0.685. The average Bonchev–Trinajstić information content (AvgIpc) is 2.71. The first kappa shape index (κ1) is 16.6. The molecule has 1 N–H and O–H groups in total. The molecule has 1 aromatic rings. The lowest BCUT2D eigenvalue weighted by atomic mass is 10.1. The lowest BCUT2D eigenvalue weighted by molar-refractivity contribution is 0.420. The maximum atomic E-state index is 5.70. The topological polar surface area (TPSA) is 38.1 Å². The van der Waals surface area contributed by atoms with Crippen LogP contribution >= 0.6 is 11.8 Å². The lowest BCUT2D eigenvalue weighted by Crippen LogP contribution is -2.38. The first-order valence-corrected chi connectivity index (χ1v) is 8.34. The van der Waals surface area contributed by atoms with Gasteiger partial charge < -0.3 is 9.73 Å². The summed E-state index contributed by atoms with van der Waals surface area (Å²) in [6.45, 7) is 11.8. The van der Waals surface area contributed by atoms with Crippen LogP contribution in [0.5, 0.6) is 0 Å². The van der Waals surface area contributed by atoms with E-state index in [0.29, 0.717) is 11.3 Å². The second-order valence-electron chi connectivity index (χ2n) is 5.04. The van der Waals surface area contributed by atoms with Crippen molar-refractivity contribution < 1.29 is 4.42 Å². The van der Waals surface area contributed by atoms with Gasteiger partial charge in [-0.1, -0.05) is 39.0 Å². The highest BCUT2D eigenvalue weighted by atomic mass is 32.2. The van der Waals surface area contributed by atoms with Crippen LogP contribution in [0.25, 0.3) is 0 Å². The molecule has 0 radical (unpaired) electrons. The van der Waals surface area contributed by atoms with Crippen molar-refractivity contribution in [2.45, 2.75) is 76.8 Å². The number of nitrogens with one attached hydrogen (secondary N) is 1. The number of oxazole rings is 1. The number of nitrogens with zero attached hydrogens (tertiary/aromatic N) is 1. The van der Waals surface area contributed by atoms with E-state index in [4.69, 9.17) is 4.42 Å². The summed E-state index contributed by atoms with van der Waals surface area (Å²) in [5, 5.41) is 5.02. The summed E-state index contributed by atoms with van der Waals surface area (Å²) >= 11 is 1.78. The van der Waals surface area contributed by atoms with Gasteiger partial charge in [-0.15, -0.1) is 0 Å². The van der Waals surface area contributed by atoms with Gasteiger partial charge >= 0.3 is 0 Å². The van der Waals surface area contributed by atoms with Crippen molar-refractivity contribution in [3.8, 4) is 0 Å². The number of thioether (sulfide) groups is 1. The molecule has 3 nitrogen and oxygen atoms in total. The molecular weight excluding hydrogens is 256 g/mol. The Morgan fingerprint density at radius 1 is 1.21 bits per heavy atom. The first-order valence-electron chi connectivity index (χ1n) is 7.46. The zero-order chi connectivity index (χ0) is 14.3. The summed E-state index contributed by atoms with van der Waals surface area (Å²) in [6.07, 6.45) is 4.73. The van der Waals surface area contributed by atoms with Crippen LogP contribution in [0, 0.1) is 13.8 Å². The number of rotatable bonds is 9. The Bertz CT molecular complexity index is 346. The van der Waals surface area contributed by atoms with E-state index in [1.54, 1.807) is 11.8 Å². The zero-order valence-corrected chi connectivity index (χ0v) is 13.8. The molecule has 0 spiro atoms. The van der Waals surface area contributed by atoms with Crippen LogP contribution in [0.15, 0.2) is 9.64 Å². The van der Waals surface area contributed by atoms with Gasteiger partial charge in [-0.2, -0.15) is 0 Å². The maximum absolute atomic E-state index is 5.70. The molecule has 0 saturated heterocycles. The molecule has 110 valence electrons. The van der Waals surface area contributed by atoms with Crippen molar-refractivity contribution >= 4 is 11.8 Å². The minimum absolute atomic E-state index is 0.531. The van der Waals surface area contributed by atoms with Crippen LogP contribution < -0.4 is 5.32 Å². The van der Waals surface area contributed by atoms with E-state index in [0.717, 1.165) is 29.6 Å². The van der Waals surface area contributed by atoms with Gasteiger partial charge in [0.25, 0.3) is 5.22 Å². The molecule has 0 aliphatic rings. The van der Waals surface area contributed by atoms with E-state index in [1.165, 1.54) is 19.3 Å². The summed E-state index contributed by atoms with van der Waals surface area (Å²) in [7, 11) is 0. The van der Waals surface area contributed by atoms with Gasteiger partial charge in [-0.25, -0.2) is 4.98 Å². The summed E-state index contributed by atoms with van der Waals surface area (Å²) in [6, 6.07) is 0.549. The van der Waals surface area contributed by atoms with Crippen molar-refractivity contribution in [2.75, 3.05) is 6.54 Å². The van der Waals surface area contributed by atoms with Gasteiger partial charge in [0.2, 0.25) is 0 Å². The van der Waals surface area contributed by atoms with Crippen LogP contribution in [-0.4, -0.2) is 22.8 Å². The Kier molecular flexibility index (Phi) is 7.54. The highest BCUT2D eigenvalue weighted by Gasteiger charge is 2.22. The summed E-state index contributed by atoms with van der Waals surface area (Å²) in [4.78, 5) is 4.49. The third-order valence-electron chi connectivity index (χ3n) is 3.37. The molecule has 1 aromatic heterocycles. The Balaban J connectivity index is 2.67. The van der Waals surface area contributed by atoms with E-state index in [2.05, 4.69) is 31.1 Å². The maximum Gasteiger partial charge on any atom is 0.256 e. The second-order valence-corrected chi connectivity index (χ2v) is 6.23. The molecule has 0 fully saturated rings. The summed E-state index contributed by atoms with van der Waals surface area (Å²) < 4.78 is 5.70. The van der Waals surface area contributed by atoms with E-state index >= 15 is 0 Å². The predicted molar refractivity (Wildman–Crippen MR) is 82.9 cm³/mol. The van der Waals surface area contributed by atoms with Crippen molar-refractivity contribution in [3.05, 3.63) is 11.5 Å². The minimum Gasteiger partial charge on any atom is -0.437 e. The van der Waals surface area contributed by atoms with Crippen LogP contribution in [0.3, 0.4) is 0 Å². The molecule has 0 aliphatic heterocycles. The second kappa shape index (κ2) is 8.64. The summed E-state index contributed by atoms with van der Waals surface area (Å²) in [5.41, 5.74) is 1.01. The van der Waals surface area contributed by atoms with Crippen molar-refractivity contribution in [1.82, 2.24) is 10.3 Å². The van der Waals surface area contributed by atoms with Gasteiger partial charge in [0.15, 0.2) is 0 Å². The molecule has 0 saturated carbocycles. The fourth-order valence-electron chi connectivity index (χ4n) is 2.13. The fourth-order valence-corrected chi connectivity index (χ4v) is 3.32. The third kappa shape index (κ3) is 5.19. The molecule has 0 bridgehead atoms. The highest BCUT2D eigenvalue weighted by molar-refractivity contribution is 7.99. The Morgan fingerprint density at radius 2 is 1.95 bits per heavy atom. The number of aryl methyl sites for hydroxylation is 2. The van der Waals surface area contributed by atoms with Crippen LogP contribution in [-0.2, 0) is 0 Å². The van der Waals surface area contributed by atoms with E-state index in [-0.39, 0.29) is 0 Å². The zero-order valence-electron chi connectivity index (χ0n) is 13.0. The molecule has 19 heavy (non-hydrogen) atoms. The van der Waals surface area contributed by atoms with Crippen molar-refractivity contribution in [2.24, 2.45) is 0 Å². The molecule has 0 aliphatic carbocycles. The molecule has 4 heteroatoms. The molecule has 1 heterocycles. The van der Waals surface area contributed by atoms with Gasteiger partial charge in [0, 0.05) is 11.3 Å². The largest absolute Gasteiger partial charge is 0.437 e. The van der Waals surface area contributed by atoms with E-state index in [9.17, 15) is 0 Å². The minimum atomic E-state index is 0.531. The number of hydrogen-bond donors (Lipinski definition) is 1. The van der Waals surface area contributed by atoms with Gasteiger partial charge in [0.1, 0.15) is 5.76 Å². The molecular formula is C15H28N2OS. The standard InChI is InChI=1S/C15H28N2OS/c1-6-9-13(16-10-7-2)14(8-3)19-15-17-11(4)12(5)18-15/h13-14,16H,6-10H2,1-5H3. The highest BCUT2D eigenvalue weighted by Crippen LogP contribution is 2.29. The van der Waals surface area contributed by atoms with E-state index in [1.807, 2.05) is 13.8 Å². The lowest BCUT2D eigenvalue weighted by Gasteiger charge is -2.25. The Hall–Kier alpha value is -0.480. The predicted octanol–water partition coefficient (Wildman–Crippen LogP) is 4.33. The first-order chi connectivity index (χ1) is 9.12.